The summed E-state index contributed by atoms with van der Waals surface area (Å²) in [5.74, 6) is -0.160. The van der Waals surface area contributed by atoms with Crippen LogP contribution in [-0.4, -0.2) is 24.5 Å². The van der Waals surface area contributed by atoms with Gasteiger partial charge in [0.1, 0.15) is 5.82 Å². The Morgan fingerprint density at radius 1 is 1.19 bits per heavy atom. The fourth-order valence-corrected chi connectivity index (χ4v) is 2.18. The summed E-state index contributed by atoms with van der Waals surface area (Å²) in [7, 11) is 0. The van der Waals surface area contributed by atoms with Crippen LogP contribution in [0.2, 0.25) is 0 Å². The van der Waals surface area contributed by atoms with Crippen molar-refractivity contribution in [3.8, 4) is 11.5 Å². The van der Waals surface area contributed by atoms with Crippen molar-refractivity contribution in [3.05, 3.63) is 59.4 Å². The average molecular weight is 397 g/mol. The van der Waals surface area contributed by atoms with E-state index >= 15 is 0 Å². The first kappa shape index (κ1) is 20.5. The first-order valence-corrected chi connectivity index (χ1v) is 8.41. The van der Waals surface area contributed by atoms with Crippen molar-refractivity contribution in [2.45, 2.75) is 20.1 Å². The number of halogens is 3. The van der Waals surface area contributed by atoms with Crippen LogP contribution in [0, 0.1) is 5.82 Å². The van der Waals surface area contributed by atoms with E-state index in [2.05, 4.69) is 20.6 Å². The lowest BCUT2D eigenvalue weighted by Crippen LogP contribution is -2.31. The molecule has 0 saturated carbocycles. The van der Waals surface area contributed by atoms with Gasteiger partial charge in [-0.05, 0) is 60.6 Å². The molecular formula is C18H18F3N3O2S. The van der Waals surface area contributed by atoms with Gasteiger partial charge in [-0.1, -0.05) is 12.1 Å². The summed E-state index contributed by atoms with van der Waals surface area (Å²) in [5.41, 5.74) is 4.10. The molecule has 0 fully saturated rings. The third kappa shape index (κ3) is 7.14. The van der Waals surface area contributed by atoms with Crippen molar-refractivity contribution < 1.29 is 22.6 Å². The largest absolute Gasteiger partial charge is 0.490 e. The zero-order valence-corrected chi connectivity index (χ0v) is 15.2. The zero-order valence-electron chi connectivity index (χ0n) is 14.4. The van der Waals surface area contributed by atoms with E-state index in [9.17, 15) is 13.2 Å². The van der Waals surface area contributed by atoms with Gasteiger partial charge in [0.15, 0.2) is 16.6 Å². The van der Waals surface area contributed by atoms with E-state index in [0.29, 0.717) is 18.7 Å². The minimum Gasteiger partial charge on any atom is -0.490 e. The van der Waals surface area contributed by atoms with Crippen LogP contribution in [0.15, 0.2) is 47.6 Å². The van der Waals surface area contributed by atoms with Crippen molar-refractivity contribution in [1.29, 1.82) is 0 Å². The number of rotatable bonds is 8. The summed E-state index contributed by atoms with van der Waals surface area (Å²) in [6.07, 6.45) is 1.46. The molecule has 2 aromatic rings. The van der Waals surface area contributed by atoms with Gasteiger partial charge >= 0.3 is 6.61 Å². The predicted molar refractivity (Wildman–Crippen MR) is 101 cm³/mol. The van der Waals surface area contributed by atoms with Crippen LogP contribution in [0.3, 0.4) is 0 Å². The van der Waals surface area contributed by atoms with Gasteiger partial charge in [-0.3, -0.25) is 5.43 Å². The first-order chi connectivity index (χ1) is 13.0. The van der Waals surface area contributed by atoms with Crippen LogP contribution < -0.4 is 20.2 Å². The number of hydrazone groups is 1. The molecule has 0 bridgehead atoms. The highest BCUT2D eigenvalue weighted by molar-refractivity contribution is 7.80. The summed E-state index contributed by atoms with van der Waals surface area (Å²) in [4.78, 5) is 0. The number of alkyl halides is 2. The van der Waals surface area contributed by atoms with Crippen LogP contribution in [0.5, 0.6) is 11.5 Å². The molecule has 144 valence electrons. The van der Waals surface area contributed by atoms with Gasteiger partial charge in [0.2, 0.25) is 0 Å². The minimum atomic E-state index is -2.94. The van der Waals surface area contributed by atoms with Crippen LogP contribution >= 0.6 is 12.2 Å². The lowest BCUT2D eigenvalue weighted by molar-refractivity contribution is -0.0514. The number of benzene rings is 2. The van der Waals surface area contributed by atoms with E-state index in [1.165, 1.54) is 30.5 Å². The van der Waals surface area contributed by atoms with E-state index in [-0.39, 0.29) is 22.4 Å². The summed E-state index contributed by atoms with van der Waals surface area (Å²) >= 11 is 5.09. The Morgan fingerprint density at radius 2 is 1.93 bits per heavy atom. The quantitative estimate of drug-likeness (QED) is 0.403. The van der Waals surface area contributed by atoms with E-state index < -0.39 is 6.61 Å². The summed E-state index contributed by atoms with van der Waals surface area (Å²) in [5, 5.41) is 7.18. The summed E-state index contributed by atoms with van der Waals surface area (Å²) < 4.78 is 47.3. The monoisotopic (exact) mass is 397 g/mol. The van der Waals surface area contributed by atoms with Gasteiger partial charge in [-0.2, -0.15) is 13.9 Å². The van der Waals surface area contributed by atoms with Gasteiger partial charge in [0.25, 0.3) is 0 Å². The number of ether oxygens (including phenoxy) is 2. The minimum absolute atomic E-state index is 0.0477. The molecule has 0 aliphatic rings. The molecule has 0 heterocycles. The highest BCUT2D eigenvalue weighted by Gasteiger charge is 2.11. The van der Waals surface area contributed by atoms with Gasteiger partial charge in [-0.15, -0.1) is 0 Å². The zero-order chi connectivity index (χ0) is 19.6. The summed E-state index contributed by atoms with van der Waals surface area (Å²) in [6, 6.07) is 10.5. The van der Waals surface area contributed by atoms with Crippen molar-refractivity contribution >= 4 is 23.5 Å². The number of thiocarbonyl (C=S) groups is 1. The summed E-state index contributed by atoms with van der Waals surface area (Å²) in [6.45, 7) is -0.486. The van der Waals surface area contributed by atoms with Crippen molar-refractivity contribution in [3.63, 3.8) is 0 Å². The molecule has 0 aromatic heterocycles. The van der Waals surface area contributed by atoms with Crippen molar-refractivity contribution in [2.24, 2.45) is 5.10 Å². The van der Waals surface area contributed by atoms with Gasteiger partial charge in [-0.25, -0.2) is 4.39 Å². The van der Waals surface area contributed by atoms with Gasteiger partial charge in [0.05, 0.1) is 12.8 Å². The smallest absolute Gasteiger partial charge is 0.387 e. The SMILES string of the molecule is CCOc1cc(/C=N\NC(=S)NCc2ccc(F)cc2)ccc1OC(F)F. The Labute approximate surface area is 160 Å². The van der Waals surface area contributed by atoms with Crippen molar-refractivity contribution in [2.75, 3.05) is 6.61 Å². The molecule has 0 aliphatic carbocycles. The number of nitrogens with one attached hydrogen (secondary N) is 2. The lowest BCUT2D eigenvalue weighted by Gasteiger charge is -2.11. The normalized spacial score (nSPS) is 10.9. The Balaban J connectivity index is 1.89. The molecule has 0 atom stereocenters. The predicted octanol–water partition coefficient (Wildman–Crippen LogP) is 3.82. The maximum atomic E-state index is 12.8. The Bertz CT molecular complexity index is 786. The molecule has 2 N–H and O–H groups in total. The van der Waals surface area contributed by atoms with E-state index in [0.717, 1.165) is 5.56 Å². The molecule has 2 rings (SSSR count). The van der Waals surface area contributed by atoms with E-state index in [1.807, 2.05) is 0 Å². The molecule has 0 spiro atoms. The first-order valence-electron chi connectivity index (χ1n) is 8.01. The Hall–Kier alpha value is -2.81. The maximum absolute atomic E-state index is 12.8. The van der Waals surface area contributed by atoms with E-state index in [1.54, 1.807) is 25.1 Å². The Morgan fingerprint density at radius 3 is 2.59 bits per heavy atom. The molecular weight excluding hydrogens is 379 g/mol. The molecule has 0 unspecified atom stereocenters. The second kappa shape index (κ2) is 10.4. The molecule has 2 aromatic carbocycles. The second-order valence-electron chi connectivity index (χ2n) is 5.20. The van der Waals surface area contributed by atoms with Crippen molar-refractivity contribution in [1.82, 2.24) is 10.7 Å². The average Bonchev–Trinajstić information content (AvgIpc) is 2.63. The molecule has 0 saturated heterocycles. The second-order valence-corrected chi connectivity index (χ2v) is 5.61. The topological polar surface area (TPSA) is 54.9 Å². The van der Waals surface area contributed by atoms with Crippen LogP contribution in [-0.2, 0) is 6.54 Å². The van der Waals surface area contributed by atoms with E-state index in [4.69, 9.17) is 17.0 Å². The molecule has 0 radical (unpaired) electrons. The Kier molecular flexibility index (Phi) is 7.87. The maximum Gasteiger partial charge on any atom is 0.387 e. The lowest BCUT2D eigenvalue weighted by atomic mass is 10.2. The molecule has 27 heavy (non-hydrogen) atoms. The highest BCUT2D eigenvalue weighted by atomic mass is 32.1. The molecule has 0 amide bonds. The number of nitrogens with zero attached hydrogens (tertiary/aromatic N) is 1. The van der Waals surface area contributed by atoms with Gasteiger partial charge in [0, 0.05) is 6.54 Å². The van der Waals surface area contributed by atoms with Crippen LogP contribution in [0.25, 0.3) is 0 Å². The number of hydrogen-bond donors (Lipinski definition) is 2. The molecule has 0 aliphatic heterocycles. The fraction of sp³-hybridized carbons (Fsp3) is 0.222. The third-order valence-electron chi connectivity index (χ3n) is 3.23. The standard InChI is InChI=1S/C18H18F3N3O2S/c1-2-25-16-9-13(5-8-15(16)26-17(20)21)11-23-24-18(27)22-10-12-3-6-14(19)7-4-12/h3-9,11,17H,2,10H2,1H3,(H2,22,24,27)/b23-11-. The van der Waals surface area contributed by atoms with Crippen LogP contribution in [0.1, 0.15) is 18.1 Å². The highest BCUT2D eigenvalue weighted by Crippen LogP contribution is 2.29. The van der Waals surface area contributed by atoms with Crippen LogP contribution in [0.4, 0.5) is 13.2 Å². The third-order valence-corrected chi connectivity index (χ3v) is 3.47. The molecule has 5 nitrogen and oxygen atoms in total. The number of hydrogen-bond acceptors (Lipinski definition) is 4. The fourth-order valence-electron chi connectivity index (χ4n) is 2.06. The molecule has 9 heteroatoms. The van der Waals surface area contributed by atoms with Gasteiger partial charge < -0.3 is 14.8 Å².